The number of guanidine groups is 1. The van der Waals surface area contributed by atoms with E-state index in [9.17, 15) is 0 Å². The molecule has 2 heterocycles. The molecule has 1 fully saturated rings. The molecule has 1 atom stereocenters. The van der Waals surface area contributed by atoms with E-state index in [1.54, 1.807) is 0 Å². The lowest BCUT2D eigenvalue weighted by molar-refractivity contribution is 0.117. The molecular weight excluding hydrogens is 429 g/mol. The Kier molecular flexibility index (Phi) is 7.95. The number of fused-ring (bicyclic) bond motifs is 1. The Labute approximate surface area is 166 Å². The van der Waals surface area contributed by atoms with Gasteiger partial charge >= 0.3 is 0 Å². The van der Waals surface area contributed by atoms with Crippen molar-refractivity contribution in [3.8, 4) is 0 Å². The number of aryl methyl sites for hydroxylation is 1. The molecule has 0 aliphatic carbocycles. The highest BCUT2D eigenvalue weighted by Gasteiger charge is 2.14. The number of hydrogen-bond acceptors (Lipinski definition) is 3. The highest BCUT2D eigenvalue weighted by Crippen LogP contribution is 2.15. The summed E-state index contributed by atoms with van der Waals surface area (Å²) in [7, 11) is 0. The molecule has 0 saturated carbocycles. The Morgan fingerprint density at radius 3 is 2.96 bits per heavy atom. The molecule has 0 amide bonds. The van der Waals surface area contributed by atoms with Crippen molar-refractivity contribution in [2.75, 3.05) is 26.2 Å². The number of imidazole rings is 1. The lowest BCUT2D eigenvalue weighted by Crippen LogP contribution is -2.39. The quantitative estimate of drug-likeness (QED) is 0.398. The summed E-state index contributed by atoms with van der Waals surface area (Å²) in [5, 5.41) is 6.71. The van der Waals surface area contributed by atoms with Crippen molar-refractivity contribution in [2.24, 2.45) is 4.99 Å². The number of hydrogen-bond donors (Lipinski definition) is 2. The summed E-state index contributed by atoms with van der Waals surface area (Å²) in [4.78, 5) is 9.25. The second-order valence-electron chi connectivity index (χ2n) is 6.08. The summed E-state index contributed by atoms with van der Waals surface area (Å²) in [6, 6.07) is 8.25. The fourth-order valence-electron chi connectivity index (χ4n) is 3.09. The van der Waals surface area contributed by atoms with Gasteiger partial charge in [-0.2, -0.15) is 0 Å². The van der Waals surface area contributed by atoms with Gasteiger partial charge in [-0.3, -0.25) is 4.99 Å². The molecule has 1 unspecified atom stereocenters. The number of nitrogens with one attached hydrogen (secondary N) is 2. The lowest BCUT2D eigenvalue weighted by Gasteiger charge is -2.14. The van der Waals surface area contributed by atoms with Crippen LogP contribution in [-0.4, -0.2) is 47.9 Å². The Hall–Kier alpha value is -1.35. The molecule has 1 aromatic carbocycles. The zero-order valence-electron chi connectivity index (χ0n) is 15.0. The number of benzene rings is 1. The first-order valence-electron chi connectivity index (χ1n) is 8.83. The van der Waals surface area contributed by atoms with E-state index in [-0.39, 0.29) is 30.1 Å². The molecule has 7 heteroatoms. The molecule has 2 aromatic rings. The van der Waals surface area contributed by atoms with Crippen LogP contribution in [0.2, 0.25) is 0 Å². The molecule has 1 aliphatic rings. The normalized spacial score (nSPS) is 17.5. The van der Waals surface area contributed by atoms with Crippen molar-refractivity contribution in [1.29, 1.82) is 0 Å². The summed E-state index contributed by atoms with van der Waals surface area (Å²) in [5.74, 6) is 1.90. The zero-order valence-corrected chi connectivity index (χ0v) is 17.3. The number of nitrogens with zero attached hydrogens (tertiary/aromatic N) is 3. The minimum absolute atomic E-state index is 0. The monoisotopic (exact) mass is 457 g/mol. The van der Waals surface area contributed by atoms with Crippen LogP contribution in [0.25, 0.3) is 11.0 Å². The molecule has 3 rings (SSSR count). The minimum Gasteiger partial charge on any atom is -0.376 e. The van der Waals surface area contributed by atoms with E-state index in [4.69, 9.17) is 4.74 Å². The van der Waals surface area contributed by atoms with Gasteiger partial charge in [-0.15, -0.1) is 24.0 Å². The van der Waals surface area contributed by atoms with Crippen LogP contribution in [0.5, 0.6) is 0 Å². The largest absolute Gasteiger partial charge is 0.376 e. The number of para-hydroxylation sites is 2. The maximum atomic E-state index is 5.63. The van der Waals surface area contributed by atoms with Crippen molar-refractivity contribution in [1.82, 2.24) is 20.2 Å². The van der Waals surface area contributed by atoms with E-state index in [0.29, 0.717) is 0 Å². The SMILES string of the molecule is CCNC(=NCC1CCCO1)NCCn1c(C)nc2ccccc21.I. The average molecular weight is 457 g/mol. The Bertz CT molecular complexity index is 694. The van der Waals surface area contributed by atoms with Crippen LogP contribution in [0, 0.1) is 6.92 Å². The smallest absolute Gasteiger partial charge is 0.191 e. The van der Waals surface area contributed by atoms with Gasteiger partial charge in [0, 0.05) is 26.2 Å². The van der Waals surface area contributed by atoms with Gasteiger partial charge in [-0.1, -0.05) is 12.1 Å². The third-order valence-corrected chi connectivity index (χ3v) is 4.29. The fourth-order valence-corrected chi connectivity index (χ4v) is 3.09. The van der Waals surface area contributed by atoms with Crippen molar-refractivity contribution >= 4 is 41.0 Å². The van der Waals surface area contributed by atoms with Crippen LogP contribution in [0.15, 0.2) is 29.3 Å². The molecule has 1 saturated heterocycles. The Balaban J connectivity index is 0.00000225. The Morgan fingerprint density at radius 2 is 2.20 bits per heavy atom. The van der Waals surface area contributed by atoms with Gasteiger partial charge < -0.3 is 19.9 Å². The van der Waals surface area contributed by atoms with Gasteiger partial charge in [0.2, 0.25) is 0 Å². The standard InChI is InChI=1S/C18H27N5O.HI/c1-3-19-18(21-13-15-7-6-12-24-15)20-10-11-23-14(2)22-16-8-4-5-9-17(16)23;/h4-5,8-9,15H,3,6-7,10-13H2,1-2H3,(H2,19,20,21);1H. The van der Waals surface area contributed by atoms with Gasteiger partial charge in [0.25, 0.3) is 0 Å². The molecule has 1 aliphatic heterocycles. The lowest BCUT2D eigenvalue weighted by atomic mass is 10.2. The Morgan fingerprint density at radius 1 is 1.36 bits per heavy atom. The predicted molar refractivity (Wildman–Crippen MR) is 113 cm³/mol. The molecule has 0 radical (unpaired) electrons. The topological polar surface area (TPSA) is 63.5 Å². The van der Waals surface area contributed by atoms with Crippen LogP contribution in [-0.2, 0) is 11.3 Å². The first-order valence-corrected chi connectivity index (χ1v) is 8.83. The number of aliphatic imine (C=N–C) groups is 1. The van der Waals surface area contributed by atoms with Gasteiger partial charge in [-0.05, 0) is 38.8 Å². The van der Waals surface area contributed by atoms with Crippen LogP contribution >= 0.6 is 24.0 Å². The molecule has 2 N–H and O–H groups in total. The van der Waals surface area contributed by atoms with Crippen molar-refractivity contribution in [2.45, 2.75) is 39.3 Å². The summed E-state index contributed by atoms with van der Waals surface area (Å²) in [6.45, 7) is 8.24. The van der Waals surface area contributed by atoms with E-state index >= 15 is 0 Å². The summed E-state index contributed by atoms with van der Waals surface area (Å²) >= 11 is 0. The molecule has 1 aromatic heterocycles. The zero-order chi connectivity index (χ0) is 16.8. The van der Waals surface area contributed by atoms with E-state index in [2.05, 4.69) is 57.2 Å². The van der Waals surface area contributed by atoms with E-state index < -0.39 is 0 Å². The van der Waals surface area contributed by atoms with Crippen LogP contribution in [0.3, 0.4) is 0 Å². The third kappa shape index (κ3) is 5.31. The third-order valence-electron chi connectivity index (χ3n) is 4.29. The van der Waals surface area contributed by atoms with Crippen LogP contribution < -0.4 is 10.6 Å². The first-order chi connectivity index (χ1) is 11.8. The van der Waals surface area contributed by atoms with E-state index in [1.807, 2.05) is 6.07 Å². The number of ether oxygens (including phenoxy) is 1. The predicted octanol–water partition coefficient (Wildman–Crippen LogP) is 2.70. The number of aromatic nitrogens is 2. The minimum atomic E-state index is 0. The van der Waals surface area contributed by atoms with Gasteiger partial charge in [0.15, 0.2) is 5.96 Å². The van der Waals surface area contributed by atoms with Crippen molar-refractivity contribution < 1.29 is 4.74 Å². The van der Waals surface area contributed by atoms with Gasteiger partial charge in [0.05, 0.1) is 23.7 Å². The van der Waals surface area contributed by atoms with Crippen LogP contribution in [0.1, 0.15) is 25.6 Å². The number of halogens is 1. The molecular formula is C18H28IN5O. The molecule has 138 valence electrons. The van der Waals surface area contributed by atoms with Gasteiger partial charge in [0.1, 0.15) is 5.82 Å². The average Bonchev–Trinajstić information content (AvgIpc) is 3.20. The first kappa shape index (κ1) is 20.0. The van der Waals surface area contributed by atoms with Crippen molar-refractivity contribution in [3.63, 3.8) is 0 Å². The van der Waals surface area contributed by atoms with Gasteiger partial charge in [-0.25, -0.2) is 4.98 Å². The second kappa shape index (κ2) is 9.96. The summed E-state index contributed by atoms with van der Waals surface area (Å²) < 4.78 is 7.88. The van der Waals surface area contributed by atoms with E-state index in [0.717, 1.165) is 62.9 Å². The summed E-state index contributed by atoms with van der Waals surface area (Å²) in [5.41, 5.74) is 2.23. The molecule has 6 nitrogen and oxygen atoms in total. The van der Waals surface area contributed by atoms with E-state index in [1.165, 1.54) is 5.52 Å². The fraction of sp³-hybridized carbons (Fsp3) is 0.556. The highest BCUT2D eigenvalue weighted by atomic mass is 127. The van der Waals surface area contributed by atoms with Crippen molar-refractivity contribution in [3.05, 3.63) is 30.1 Å². The maximum Gasteiger partial charge on any atom is 0.191 e. The molecule has 25 heavy (non-hydrogen) atoms. The van der Waals surface area contributed by atoms with Crippen LogP contribution in [0.4, 0.5) is 0 Å². The highest BCUT2D eigenvalue weighted by molar-refractivity contribution is 14.0. The number of rotatable bonds is 6. The molecule has 0 bridgehead atoms. The molecule has 0 spiro atoms. The maximum absolute atomic E-state index is 5.63. The second-order valence-corrected chi connectivity index (χ2v) is 6.08. The summed E-state index contributed by atoms with van der Waals surface area (Å²) in [6.07, 6.45) is 2.54.